The van der Waals surface area contributed by atoms with Crippen molar-refractivity contribution in [1.29, 1.82) is 0 Å². The van der Waals surface area contributed by atoms with Gasteiger partial charge in [0, 0.05) is 9.61 Å². The molecule has 1 unspecified atom stereocenters. The topological polar surface area (TPSA) is 29.1 Å². The first-order valence-corrected chi connectivity index (χ1v) is 6.14. The molecule has 0 spiro atoms. The summed E-state index contributed by atoms with van der Waals surface area (Å²) in [5.74, 6) is 0.0515. The Bertz CT molecular complexity index is 400. The standard InChI is InChI=1S/C12H14INO/c1-12(2)7-10(12)14-11(15)8-5-3-4-6-9(8)13/h3-6,10H,7H2,1-2H3,(H,14,15). The molecule has 1 N–H and O–H groups in total. The van der Waals surface area contributed by atoms with E-state index in [-0.39, 0.29) is 11.3 Å². The van der Waals surface area contributed by atoms with Crippen molar-refractivity contribution in [1.82, 2.24) is 5.32 Å². The molecule has 1 aliphatic rings. The molecule has 0 saturated heterocycles. The van der Waals surface area contributed by atoms with Crippen LogP contribution < -0.4 is 5.32 Å². The molecule has 1 amide bonds. The number of benzene rings is 1. The van der Waals surface area contributed by atoms with Crippen LogP contribution in [-0.4, -0.2) is 11.9 Å². The molecule has 1 aliphatic carbocycles. The minimum absolute atomic E-state index is 0.0515. The second kappa shape index (κ2) is 3.77. The third-order valence-corrected chi connectivity index (χ3v) is 3.88. The predicted octanol–water partition coefficient (Wildman–Crippen LogP) is 2.82. The van der Waals surface area contributed by atoms with Gasteiger partial charge in [0.25, 0.3) is 5.91 Å². The molecule has 0 heterocycles. The number of nitrogens with one attached hydrogen (secondary N) is 1. The Kier molecular flexibility index (Phi) is 2.75. The summed E-state index contributed by atoms with van der Waals surface area (Å²) in [4.78, 5) is 11.9. The lowest BCUT2D eigenvalue weighted by molar-refractivity contribution is 0.0945. The zero-order chi connectivity index (χ0) is 11.1. The van der Waals surface area contributed by atoms with Crippen LogP contribution in [0.4, 0.5) is 0 Å². The third kappa shape index (κ3) is 2.33. The number of halogens is 1. The molecule has 0 radical (unpaired) electrons. The smallest absolute Gasteiger partial charge is 0.252 e. The lowest BCUT2D eigenvalue weighted by Crippen LogP contribution is -2.28. The summed E-state index contributed by atoms with van der Waals surface area (Å²) >= 11 is 2.19. The monoisotopic (exact) mass is 315 g/mol. The van der Waals surface area contributed by atoms with Gasteiger partial charge in [-0.15, -0.1) is 0 Å². The summed E-state index contributed by atoms with van der Waals surface area (Å²) < 4.78 is 1.01. The Morgan fingerprint density at radius 3 is 2.60 bits per heavy atom. The molecule has 80 valence electrons. The van der Waals surface area contributed by atoms with E-state index in [0.29, 0.717) is 6.04 Å². The zero-order valence-electron chi connectivity index (χ0n) is 8.88. The van der Waals surface area contributed by atoms with E-state index < -0.39 is 0 Å². The zero-order valence-corrected chi connectivity index (χ0v) is 11.0. The van der Waals surface area contributed by atoms with Crippen molar-refractivity contribution in [2.24, 2.45) is 5.41 Å². The van der Waals surface area contributed by atoms with E-state index >= 15 is 0 Å². The molecule has 1 saturated carbocycles. The summed E-state index contributed by atoms with van der Waals surface area (Å²) in [5, 5.41) is 3.06. The molecule has 15 heavy (non-hydrogen) atoms. The molecule has 2 rings (SSSR count). The minimum Gasteiger partial charge on any atom is -0.349 e. The Balaban J connectivity index is 2.06. The first-order valence-electron chi connectivity index (χ1n) is 5.06. The van der Waals surface area contributed by atoms with E-state index in [9.17, 15) is 4.79 Å². The SMILES string of the molecule is CC1(C)CC1NC(=O)c1ccccc1I. The maximum atomic E-state index is 11.9. The Hall–Kier alpha value is -0.580. The van der Waals surface area contributed by atoms with Crippen LogP contribution in [0.25, 0.3) is 0 Å². The van der Waals surface area contributed by atoms with Gasteiger partial charge < -0.3 is 5.32 Å². The first-order chi connectivity index (χ1) is 7.00. The van der Waals surface area contributed by atoms with Gasteiger partial charge in [-0.2, -0.15) is 0 Å². The largest absolute Gasteiger partial charge is 0.349 e. The number of carbonyl (C=O) groups is 1. The number of hydrogen-bond acceptors (Lipinski definition) is 1. The predicted molar refractivity (Wildman–Crippen MR) is 68.8 cm³/mol. The van der Waals surface area contributed by atoms with Gasteiger partial charge in [0.2, 0.25) is 0 Å². The van der Waals surface area contributed by atoms with Gasteiger partial charge in [0.15, 0.2) is 0 Å². The van der Waals surface area contributed by atoms with Crippen LogP contribution >= 0.6 is 22.6 Å². The minimum atomic E-state index is 0.0515. The molecular weight excluding hydrogens is 301 g/mol. The fourth-order valence-corrected chi connectivity index (χ4v) is 2.23. The van der Waals surface area contributed by atoms with Crippen LogP contribution in [0.2, 0.25) is 0 Å². The van der Waals surface area contributed by atoms with Crippen molar-refractivity contribution in [2.45, 2.75) is 26.3 Å². The van der Waals surface area contributed by atoms with E-state index in [1.54, 1.807) is 0 Å². The highest BCUT2D eigenvalue weighted by molar-refractivity contribution is 14.1. The van der Waals surface area contributed by atoms with Gasteiger partial charge in [0.1, 0.15) is 0 Å². The van der Waals surface area contributed by atoms with E-state index in [4.69, 9.17) is 0 Å². The Morgan fingerprint density at radius 1 is 1.47 bits per heavy atom. The molecule has 1 atom stereocenters. The van der Waals surface area contributed by atoms with Gasteiger partial charge in [-0.25, -0.2) is 0 Å². The van der Waals surface area contributed by atoms with Gasteiger partial charge in [-0.05, 0) is 46.6 Å². The second-order valence-corrected chi connectivity index (χ2v) is 5.86. The van der Waals surface area contributed by atoms with Gasteiger partial charge in [-0.1, -0.05) is 26.0 Å². The van der Waals surface area contributed by atoms with Crippen molar-refractivity contribution in [2.75, 3.05) is 0 Å². The molecule has 0 aromatic heterocycles. The molecule has 1 aromatic rings. The fraction of sp³-hybridized carbons (Fsp3) is 0.417. The van der Waals surface area contributed by atoms with E-state index in [2.05, 4.69) is 41.8 Å². The summed E-state index contributed by atoms with van der Waals surface area (Å²) in [6.07, 6.45) is 1.09. The van der Waals surface area contributed by atoms with E-state index in [0.717, 1.165) is 15.6 Å². The van der Waals surface area contributed by atoms with Crippen molar-refractivity contribution in [3.63, 3.8) is 0 Å². The Labute approximate surface area is 104 Å². The van der Waals surface area contributed by atoms with Crippen LogP contribution in [0.3, 0.4) is 0 Å². The van der Waals surface area contributed by atoms with Crippen molar-refractivity contribution in [3.8, 4) is 0 Å². The molecular formula is C12H14INO. The number of rotatable bonds is 2. The number of hydrogen-bond donors (Lipinski definition) is 1. The summed E-state index contributed by atoms with van der Waals surface area (Å²) in [6, 6.07) is 8.01. The van der Waals surface area contributed by atoms with E-state index in [1.165, 1.54) is 0 Å². The van der Waals surface area contributed by atoms with Gasteiger partial charge in [0.05, 0.1) is 5.56 Å². The van der Waals surface area contributed by atoms with Gasteiger partial charge >= 0.3 is 0 Å². The summed E-state index contributed by atoms with van der Waals surface area (Å²) in [7, 11) is 0. The normalized spacial score (nSPS) is 22.2. The van der Waals surface area contributed by atoms with Crippen LogP contribution in [0.5, 0.6) is 0 Å². The molecule has 0 bridgehead atoms. The average Bonchev–Trinajstić information content (AvgIpc) is 2.74. The average molecular weight is 315 g/mol. The highest BCUT2D eigenvalue weighted by Gasteiger charge is 2.46. The highest BCUT2D eigenvalue weighted by Crippen LogP contribution is 2.44. The van der Waals surface area contributed by atoms with Gasteiger partial charge in [-0.3, -0.25) is 4.79 Å². The van der Waals surface area contributed by atoms with Crippen LogP contribution in [-0.2, 0) is 0 Å². The lowest BCUT2D eigenvalue weighted by atomic mass is 10.1. The first kappa shape index (κ1) is 10.9. The fourth-order valence-electron chi connectivity index (χ4n) is 1.59. The highest BCUT2D eigenvalue weighted by atomic mass is 127. The molecule has 1 aromatic carbocycles. The van der Waals surface area contributed by atoms with Crippen molar-refractivity contribution >= 4 is 28.5 Å². The summed E-state index contributed by atoms with van der Waals surface area (Å²) in [6.45, 7) is 4.35. The van der Waals surface area contributed by atoms with Crippen LogP contribution in [0.15, 0.2) is 24.3 Å². The molecule has 1 fully saturated rings. The van der Waals surface area contributed by atoms with Crippen molar-refractivity contribution in [3.05, 3.63) is 33.4 Å². The molecule has 0 aliphatic heterocycles. The van der Waals surface area contributed by atoms with Crippen LogP contribution in [0.1, 0.15) is 30.6 Å². The number of amides is 1. The third-order valence-electron chi connectivity index (χ3n) is 2.94. The maximum Gasteiger partial charge on any atom is 0.252 e. The molecule has 3 heteroatoms. The molecule has 2 nitrogen and oxygen atoms in total. The quantitative estimate of drug-likeness (QED) is 0.836. The number of carbonyl (C=O) groups excluding carboxylic acids is 1. The summed E-state index contributed by atoms with van der Waals surface area (Å²) in [5.41, 5.74) is 1.07. The Morgan fingerprint density at radius 2 is 2.07 bits per heavy atom. The lowest BCUT2D eigenvalue weighted by Gasteiger charge is -2.07. The second-order valence-electron chi connectivity index (χ2n) is 4.70. The van der Waals surface area contributed by atoms with Crippen molar-refractivity contribution < 1.29 is 4.79 Å². The van der Waals surface area contributed by atoms with Crippen LogP contribution in [0, 0.1) is 8.99 Å². The maximum absolute atomic E-state index is 11.9. The van der Waals surface area contributed by atoms with E-state index in [1.807, 2.05) is 24.3 Å².